The van der Waals surface area contributed by atoms with Crippen molar-refractivity contribution in [3.63, 3.8) is 0 Å². The van der Waals surface area contributed by atoms with Crippen molar-refractivity contribution in [1.82, 2.24) is 21.3 Å². The third-order valence-electron chi connectivity index (χ3n) is 9.49. The summed E-state index contributed by atoms with van der Waals surface area (Å²) in [5.41, 5.74) is 2.25. The predicted molar refractivity (Wildman–Crippen MR) is 200 cm³/mol. The van der Waals surface area contributed by atoms with Crippen LogP contribution >= 0.6 is 0 Å². The van der Waals surface area contributed by atoms with Crippen LogP contribution < -0.4 is 40.2 Å². The summed E-state index contributed by atoms with van der Waals surface area (Å²) in [5.74, 6) is 1.95. The summed E-state index contributed by atoms with van der Waals surface area (Å²) >= 11 is 0. The van der Waals surface area contributed by atoms with E-state index in [-0.39, 0.29) is 29.9 Å². The van der Waals surface area contributed by atoms with Gasteiger partial charge in [-0.25, -0.2) is 4.79 Å². The van der Waals surface area contributed by atoms with Gasteiger partial charge in [0.2, 0.25) is 23.3 Å². The second-order valence-electron chi connectivity index (χ2n) is 13.3. The molecule has 1 aliphatic heterocycles. The van der Waals surface area contributed by atoms with Gasteiger partial charge >= 0.3 is 6.03 Å². The van der Waals surface area contributed by atoms with E-state index in [4.69, 9.17) is 18.9 Å². The Kier molecular flexibility index (Phi) is 20.8. The van der Waals surface area contributed by atoms with E-state index < -0.39 is 0 Å². The highest BCUT2D eigenvalue weighted by molar-refractivity contribution is 5.99. The zero-order chi connectivity index (χ0) is 36.7. The number of methoxy groups -OCH3 is 4. The lowest BCUT2D eigenvalue weighted by atomic mass is 9.98. The van der Waals surface area contributed by atoms with E-state index >= 15 is 0 Å². The molecule has 4 N–H and O–H groups in total. The number of hydrogen-bond donors (Lipinski definition) is 4. The second-order valence-corrected chi connectivity index (χ2v) is 13.3. The SMILES string of the molecule is CCCCCCCCCC(=Cc1c(C)c(OC)c(OC)c(OC)c1OC)C(=O)NCCCCCCNC(=O)CCCCCC1NC(=O)N[C@H]1C. The molecule has 1 unspecified atom stereocenters. The second kappa shape index (κ2) is 24.5. The number of amides is 4. The molecule has 1 heterocycles. The van der Waals surface area contributed by atoms with Gasteiger partial charge < -0.3 is 40.2 Å². The summed E-state index contributed by atoms with van der Waals surface area (Å²) in [4.78, 5) is 37.2. The minimum Gasteiger partial charge on any atom is -0.492 e. The molecule has 4 amide bonds. The van der Waals surface area contributed by atoms with Crippen LogP contribution in [0, 0.1) is 6.92 Å². The third-order valence-corrected chi connectivity index (χ3v) is 9.49. The van der Waals surface area contributed by atoms with Gasteiger partial charge in [0.05, 0.1) is 34.5 Å². The number of rotatable bonds is 27. The highest BCUT2D eigenvalue weighted by Crippen LogP contribution is 2.50. The van der Waals surface area contributed by atoms with Gasteiger partial charge in [-0.3, -0.25) is 9.59 Å². The number of urea groups is 1. The van der Waals surface area contributed by atoms with Gasteiger partial charge in [-0.15, -0.1) is 0 Å². The van der Waals surface area contributed by atoms with Crippen LogP contribution in [0.25, 0.3) is 6.08 Å². The largest absolute Gasteiger partial charge is 0.492 e. The standard InChI is InChI=1S/C39H66N4O7/c1-8-9-10-11-12-13-17-22-30(27-31-28(2)34(47-4)36(49-6)37(50-7)35(31)48-5)38(45)41-26-21-15-14-20-25-40-33(44)24-19-16-18-23-32-29(3)42-39(46)43-32/h27,29,32H,8-26H2,1-7H3,(H,40,44)(H,41,45)(H2,42,43,46)/t29-,32?/m0/s1. The molecule has 0 aromatic heterocycles. The quantitative estimate of drug-likeness (QED) is 0.0555. The summed E-state index contributed by atoms with van der Waals surface area (Å²) in [5, 5.41) is 12.0. The summed E-state index contributed by atoms with van der Waals surface area (Å²) < 4.78 is 22.8. The molecule has 2 rings (SSSR count). The van der Waals surface area contributed by atoms with Crippen LogP contribution in [0.4, 0.5) is 4.79 Å². The van der Waals surface area contributed by atoms with E-state index in [0.29, 0.717) is 54.5 Å². The van der Waals surface area contributed by atoms with E-state index in [1.807, 2.05) is 19.9 Å². The zero-order valence-electron chi connectivity index (χ0n) is 32.0. The van der Waals surface area contributed by atoms with Gasteiger partial charge in [0.15, 0.2) is 11.5 Å². The summed E-state index contributed by atoms with van der Waals surface area (Å²) in [6, 6.07) is 0.248. The number of benzene rings is 1. The van der Waals surface area contributed by atoms with Crippen molar-refractivity contribution in [1.29, 1.82) is 0 Å². The van der Waals surface area contributed by atoms with Crippen LogP contribution in [-0.2, 0) is 9.59 Å². The highest BCUT2D eigenvalue weighted by atomic mass is 16.5. The molecule has 50 heavy (non-hydrogen) atoms. The van der Waals surface area contributed by atoms with Crippen LogP contribution in [0.15, 0.2) is 5.57 Å². The number of carbonyl (C=O) groups excluding carboxylic acids is 3. The maximum atomic E-state index is 13.6. The van der Waals surface area contributed by atoms with Gasteiger partial charge in [-0.2, -0.15) is 0 Å². The average molecular weight is 703 g/mol. The Morgan fingerprint density at radius 2 is 1.22 bits per heavy atom. The van der Waals surface area contributed by atoms with Gasteiger partial charge in [0.25, 0.3) is 0 Å². The number of unbranched alkanes of at least 4 members (excludes halogenated alkanes) is 11. The molecule has 0 spiro atoms. The molecule has 1 fully saturated rings. The summed E-state index contributed by atoms with van der Waals surface area (Å²) in [7, 11) is 6.30. The Bertz CT molecular complexity index is 1220. The molecule has 0 bridgehead atoms. The monoisotopic (exact) mass is 702 g/mol. The first kappa shape index (κ1) is 42.5. The number of hydrogen-bond acceptors (Lipinski definition) is 7. The average Bonchev–Trinajstić information content (AvgIpc) is 3.43. The molecular weight excluding hydrogens is 636 g/mol. The van der Waals surface area contributed by atoms with E-state index in [1.54, 1.807) is 28.4 Å². The van der Waals surface area contributed by atoms with Crippen molar-refractivity contribution < 1.29 is 33.3 Å². The number of carbonyl (C=O) groups is 3. The molecule has 1 aromatic rings. The molecule has 1 aromatic carbocycles. The van der Waals surface area contributed by atoms with Gasteiger partial charge in [0, 0.05) is 42.3 Å². The molecule has 1 aliphatic rings. The molecule has 2 atom stereocenters. The minimum absolute atomic E-state index is 0.0716. The fraction of sp³-hybridized carbons (Fsp3) is 0.718. The lowest BCUT2D eigenvalue weighted by molar-refractivity contribution is -0.121. The Labute approximate surface area is 301 Å². The maximum absolute atomic E-state index is 13.6. The minimum atomic E-state index is -0.0902. The fourth-order valence-corrected chi connectivity index (χ4v) is 6.51. The number of nitrogens with one attached hydrogen (secondary N) is 4. The van der Waals surface area contributed by atoms with E-state index in [9.17, 15) is 14.4 Å². The van der Waals surface area contributed by atoms with Gasteiger partial charge in [0.1, 0.15) is 0 Å². The Morgan fingerprint density at radius 1 is 0.680 bits per heavy atom. The first-order valence-electron chi connectivity index (χ1n) is 18.9. The van der Waals surface area contributed by atoms with E-state index in [2.05, 4.69) is 28.2 Å². The van der Waals surface area contributed by atoms with Gasteiger partial charge in [-0.05, 0) is 58.4 Å². The van der Waals surface area contributed by atoms with Crippen LogP contribution in [0.1, 0.15) is 134 Å². The smallest absolute Gasteiger partial charge is 0.315 e. The van der Waals surface area contributed by atoms with Crippen LogP contribution in [0.5, 0.6) is 23.0 Å². The van der Waals surface area contributed by atoms with Crippen molar-refractivity contribution in [2.45, 2.75) is 142 Å². The maximum Gasteiger partial charge on any atom is 0.315 e. The lowest BCUT2D eigenvalue weighted by Gasteiger charge is -2.21. The normalized spacial score (nSPS) is 15.7. The molecule has 11 nitrogen and oxygen atoms in total. The van der Waals surface area contributed by atoms with Crippen molar-refractivity contribution in [2.75, 3.05) is 41.5 Å². The third kappa shape index (κ3) is 14.3. The predicted octanol–water partition coefficient (Wildman–Crippen LogP) is 7.37. The van der Waals surface area contributed by atoms with Crippen LogP contribution in [0.2, 0.25) is 0 Å². The first-order chi connectivity index (χ1) is 24.2. The first-order valence-corrected chi connectivity index (χ1v) is 18.9. The Morgan fingerprint density at radius 3 is 1.82 bits per heavy atom. The molecule has 284 valence electrons. The molecule has 1 saturated heterocycles. The molecule has 0 radical (unpaired) electrons. The molecule has 0 saturated carbocycles. The topological polar surface area (TPSA) is 136 Å². The fourth-order valence-electron chi connectivity index (χ4n) is 6.51. The van der Waals surface area contributed by atoms with E-state index in [0.717, 1.165) is 75.3 Å². The highest BCUT2D eigenvalue weighted by Gasteiger charge is 2.27. The van der Waals surface area contributed by atoms with Crippen LogP contribution in [-0.4, -0.2) is 71.5 Å². The van der Waals surface area contributed by atoms with Gasteiger partial charge in [-0.1, -0.05) is 71.1 Å². The van der Waals surface area contributed by atoms with Crippen molar-refractivity contribution in [3.05, 3.63) is 16.7 Å². The van der Waals surface area contributed by atoms with Crippen molar-refractivity contribution in [3.8, 4) is 23.0 Å². The van der Waals surface area contributed by atoms with Crippen molar-refractivity contribution >= 4 is 23.9 Å². The Balaban J connectivity index is 1.83. The summed E-state index contributed by atoms with van der Waals surface area (Å²) in [6.45, 7) is 7.42. The molecule has 0 aliphatic carbocycles. The van der Waals surface area contributed by atoms with Crippen LogP contribution in [0.3, 0.4) is 0 Å². The van der Waals surface area contributed by atoms with Crippen molar-refractivity contribution in [2.24, 2.45) is 0 Å². The molecular formula is C39H66N4O7. The van der Waals surface area contributed by atoms with E-state index in [1.165, 1.54) is 32.1 Å². The number of ether oxygens (including phenoxy) is 4. The zero-order valence-corrected chi connectivity index (χ0v) is 32.0. The Hall–Kier alpha value is -3.63. The lowest BCUT2D eigenvalue weighted by Crippen LogP contribution is -2.30. The molecule has 11 heteroatoms. The summed E-state index contributed by atoms with van der Waals surface area (Å²) in [6.07, 6.45) is 18.8.